The van der Waals surface area contributed by atoms with Crippen molar-refractivity contribution >= 4 is 46.0 Å². The number of rotatable bonds is 6. The Morgan fingerprint density at radius 2 is 1.66 bits per heavy atom. The first-order valence-electron chi connectivity index (χ1n) is 11.6. The van der Waals surface area contributed by atoms with Crippen LogP contribution in [0.15, 0.2) is 60.2 Å². The van der Waals surface area contributed by atoms with Gasteiger partial charge in [0, 0.05) is 6.07 Å². The number of carbonyl (C=O) groups is 2. The lowest BCUT2D eigenvalue weighted by atomic mass is 9.94. The van der Waals surface area contributed by atoms with E-state index in [0.29, 0.717) is 28.1 Å². The molecule has 1 aliphatic rings. The average molecular weight is 534 g/mol. The summed E-state index contributed by atoms with van der Waals surface area (Å²) in [4.78, 5) is 36.0. The SMILES string of the molecule is COc1ccc(C2/C(=C(\O)c3cc(C)cc(Cl)c3OC)C(=O)C(=O)N2c2nc3ccc(OC)cc3[nH]2)cc1. The third-order valence-corrected chi connectivity index (χ3v) is 6.71. The number of methoxy groups -OCH3 is 3. The molecular weight excluding hydrogens is 510 g/mol. The van der Waals surface area contributed by atoms with E-state index in [-0.39, 0.29) is 27.9 Å². The maximum atomic E-state index is 13.5. The first kappa shape index (κ1) is 25.2. The number of Topliss-reactive ketones (excluding diaryl/α,β-unsaturated/α-hetero) is 1. The fourth-order valence-corrected chi connectivity index (χ4v) is 4.98. The second-order valence-electron chi connectivity index (χ2n) is 8.71. The molecule has 0 aliphatic carbocycles. The average Bonchev–Trinajstić information content (AvgIpc) is 3.45. The number of ketones is 1. The molecule has 1 atom stereocenters. The van der Waals surface area contributed by atoms with E-state index in [1.54, 1.807) is 68.6 Å². The van der Waals surface area contributed by atoms with E-state index >= 15 is 0 Å². The van der Waals surface area contributed by atoms with Crippen molar-refractivity contribution in [3.63, 3.8) is 0 Å². The van der Waals surface area contributed by atoms with Crippen LogP contribution in [0.1, 0.15) is 22.7 Å². The van der Waals surface area contributed by atoms with Gasteiger partial charge in [-0.2, -0.15) is 0 Å². The molecule has 38 heavy (non-hydrogen) atoms. The lowest BCUT2D eigenvalue weighted by Crippen LogP contribution is -2.30. The molecule has 1 saturated heterocycles. The summed E-state index contributed by atoms with van der Waals surface area (Å²) in [5, 5.41) is 11.8. The van der Waals surface area contributed by atoms with Crippen LogP contribution in [0.25, 0.3) is 16.8 Å². The second kappa shape index (κ2) is 9.75. The molecule has 0 saturated carbocycles. The minimum atomic E-state index is -1.01. The summed E-state index contributed by atoms with van der Waals surface area (Å²) < 4.78 is 16.0. The van der Waals surface area contributed by atoms with Gasteiger partial charge in [-0.15, -0.1) is 0 Å². The summed E-state index contributed by atoms with van der Waals surface area (Å²) in [6.45, 7) is 1.80. The summed E-state index contributed by atoms with van der Waals surface area (Å²) >= 11 is 6.37. The van der Waals surface area contributed by atoms with E-state index in [2.05, 4.69) is 9.97 Å². The fourth-order valence-electron chi connectivity index (χ4n) is 4.63. The predicted molar refractivity (Wildman–Crippen MR) is 143 cm³/mol. The number of aliphatic hydroxyl groups excluding tert-OH is 1. The molecule has 1 aromatic heterocycles. The maximum Gasteiger partial charge on any atom is 0.302 e. The Morgan fingerprint density at radius 1 is 0.974 bits per heavy atom. The van der Waals surface area contributed by atoms with Crippen molar-refractivity contribution in [2.75, 3.05) is 26.2 Å². The van der Waals surface area contributed by atoms with Crippen LogP contribution in [0, 0.1) is 6.92 Å². The smallest absolute Gasteiger partial charge is 0.302 e. The first-order chi connectivity index (χ1) is 18.3. The van der Waals surface area contributed by atoms with Gasteiger partial charge in [-0.3, -0.25) is 14.5 Å². The molecule has 9 nitrogen and oxygen atoms in total. The molecule has 194 valence electrons. The predicted octanol–water partition coefficient (Wildman–Crippen LogP) is 5.18. The standard InChI is InChI=1S/C28H24ClN3O6/c1-14-11-18(26(38-4)19(29)12-14)24(33)22-23(15-5-7-16(36-2)8-6-15)32(27(35)25(22)34)28-30-20-10-9-17(37-3)13-21(20)31-28/h5-13,23,33H,1-4H3,(H,30,31)/b24-22+. The van der Waals surface area contributed by atoms with E-state index in [0.717, 1.165) is 5.56 Å². The van der Waals surface area contributed by atoms with E-state index in [1.807, 2.05) is 0 Å². The van der Waals surface area contributed by atoms with Gasteiger partial charge in [-0.05, 0) is 54.4 Å². The quantitative estimate of drug-likeness (QED) is 0.199. The molecule has 3 aromatic carbocycles. The Kier molecular flexibility index (Phi) is 6.46. The molecule has 1 aliphatic heterocycles. The van der Waals surface area contributed by atoms with E-state index in [9.17, 15) is 14.7 Å². The van der Waals surface area contributed by atoms with Gasteiger partial charge >= 0.3 is 5.91 Å². The zero-order chi connectivity index (χ0) is 27.1. The van der Waals surface area contributed by atoms with Crippen molar-refractivity contribution < 1.29 is 28.9 Å². The van der Waals surface area contributed by atoms with Crippen LogP contribution in [0.3, 0.4) is 0 Å². The molecule has 0 radical (unpaired) electrons. The normalized spacial score (nSPS) is 16.8. The molecule has 10 heteroatoms. The van der Waals surface area contributed by atoms with Gasteiger partial charge in [0.2, 0.25) is 5.95 Å². The number of hydrogen-bond acceptors (Lipinski definition) is 7. The topological polar surface area (TPSA) is 114 Å². The third-order valence-electron chi connectivity index (χ3n) is 6.43. The third kappa shape index (κ3) is 4.10. The number of aromatic nitrogens is 2. The van der Waals surface area contributed by atoms with Crippen LogP contribution in [0.5, 0.6) is 17.2 Å². The van der Waals surface area contributed by atoms with Gasteiger partial charge in [-0.25, -0.2) is 4.98 Å². The molecule has 0 bridgehead atoms. The van der Waals surface area contributed by atoms with Crippen molar-refractivity contribution in [3.05, 3.63) is 81.9 Å². The Labute approximate surface area is 223 Å². The Hall–Kier alpha value is -4.50. The number of benzene rings is 3. The number of H-pyrrole nitrogens is 1. The molecule has 5 rings (SSSR count). The number of ether oxygens (including phenoxy) is 3. The number of carbonyl (C=O) groups excluding carboxylic acids is 2. The summed E-state index contributed by atoms with van der Waals surface area (Å²) in [5.74, 6) is -0.614. The van der Waals surface area contributed by atoms with Crippen LogP contribution in [-0.4, -0.2) is 48.1 Å². The zero-order valence-corrected chi connectivity index (χ0v) is 21.8. The van der Waals surface area contributed by atoms with Crippen LogP contribution < -0.4 is 19.1 Å². The van der Waals surface area contributed by atoms with Crippen LogP contribution in [0.2, 0.25) is 5.02 Å². The number of anilines is 1. The molecule has 2 heterocycles. The van der Waals surface area contributed by atoms with E-state index < -0.39 is 23.5 Å². The number of aromatic amines is 1. The minimum Gasteiger partial charge on any atom is -0.507 e. The second-order valence-corrected chi connectivity index (χ2v) is 9.12. The lowest BCUT2D eigenvalue weighted by Gasteiger charge is -2.23. The Morgan fingerprint density at radius 3 is 2.32 bits per heavy atom. The van der Waals surface area contributed by atoms with Gasteiger partial charge in [-0.1, -0.05) is 23.7 Å². The van der Waals surface area contributed by atoms with Gasteiger partial charge in [0.1, 0.15) is 23.0 Å². The minimum absolute atomic E-state index is 0.127. The number of nitrogens with one attached hydrogen (secondary N) is 1. The Bertz CT molecular complexity index is 1610. The molecule has 1 unspecified atom stereocenters. The summed E-state index contributed by atoms with van der Waals surface area (Å²) in [6.07, 6.45) is 0. The number of amides is 1. The molecule has 2 N–H and O–H groups in total. The summed E-state index contributed by atoms with van der Waals surface area (Å²) in [7, 11) is 4.50. The molecule has 0 spiro atoms. The van der Waals surface area contributed by atoms with Crippen molar-refractivity contribution in [1.29, 1.82) is 0 Å². The van der Waals surface area contributed by atoms with Crippen LogP contribution >= 0.6 is 11.6 Å². The van der Waals surface area contributed by atoms with Gasteiger partial charge in [0.15, 0.2) is 0 Å². The van der Waals surface area contributed by atoms with Gasteiger partial charge < -0.3 is 24.3 Å². The highest BCUT2D eigenvalue weighted by atomic mass is 35.5. The number of hydrogen-bond donors (Lipinski definition) is 2. The van der Waals surface area contributed by atoms with Crippen molar-refractivity contribution in [2.45, 2.75) is 13.0 Å². The highest BCUT2D eigenvalue weighted by Crippen LogP contribution is 2.44. The number of imidazole rings is 1. The van der Waals surface area contributed by atoms with Crippen molar-refractivity contribution in [1.82, 2.24) is 9.97 Å². The number of halogens is 1. The highest BCUT2D eigenvalue weighted by molar-refractivity contribution is 6.51. The number of aliphatic hydroxyl groups is 1. The summed E-state index contributed by atoms with van der Waals surface area (Å²) in [5.41, 5.74) is 2.55. The monoisotopic (exact) mass is 533 g/mol. The molecule has 4 aromatic rings. The van der Waals surface area contributed by atoms with Crippen molar-refractivity contribution in [2.24, 2.45) is 0 Å². The zero-order valence-electron chi connectivity index (χ0n) is 21.0. The van der Waals surface area contributed by atoms with Crippen LogP contribution in [-0.2, 0) is 9.59 Å². The number of nitrogens with zero attached hydrogens (tertiary/aromatic N) is 2. The Balaban J connectivity index is 1.75. The van der Waals surface area contributed by atoms with Gasteiger partial charge in [0.25, 0.3) is 5.78 Å². The molecule has 1 fully saturated rings. The highest BCUT2D eigenvalue weighted by Gasteiger charge is 2.48. The summed E-state index contributed by atoms with van der Waals surface area (Å²) in [6, 6.07) is 14.4. The molecule has 1 amide bonds. The van der Waals surface area contributed by atoms with E-state index in [4.69, 9.17) is 25.8 Å². The fraction of sp³-hybridized carbons (Fsp3) is 0.179. The molecular formula is C28H24ClN3O6. The van der Waals surface area contributed by atoms with Crippen LogP contribution in [0.4, 0.5) is 5.95 Å². The lowest BCUT2D eigenvalue weighted by molar-refractivity contribution is -0.132. The first-order valence-corrected chi connectivity index (χ1v) is 12.0. The number of aryl methyl sites for hydroxylation is 1. The maximum absolute atomic E-state index is 13.5. The number of fused-ring (bicyclic) bond motifs is 1. The largest absolute Gasteiger partial charge is 0.507 e. The van der Waals surface area contributed by atoms with Crippen molar-refractivity contribution in [3.8, 4) is 17.2 Å². The van der Waals surface area contributed by atoms with E-state index in [1.165, 1.54) is 19.1 Å². The van der Waals surface area contributed by atoms with Gasteiger partial charge in [0.05, 0.1) is 54.6 Å².